The number of nitrogens with one attached hydrogen (secondary N) is 1. The quantitative estimate of drug-likeness (QED) is 0.722. The van der Waals surface area contributed by atoms with Crippen molar-refractivity contribution in [3.8, 4) is 0 Å². The average Bonchev–Trinajstić information content (AvgIpc) is 2.29. The molecule has 0 fully saturated rings. The first-order valence-electron chi connectivity index (χ1n) is 6.29. The van der Waals surface area contributed by atoms with Crippen molar-refractivity contribution in [1.29, 1.82) is 0 Å². The first kappa shape index (κ1) is 15.2. The second-order valence-electron chi connectivity index (χ2n) is 4.14. The van der Waals surface area contributed by atoms with E-state index < -0.39 is 0 Å². The minimum atomic E-state index is 0.0440. The summed E-state index contributed by atoms with van der Waals surface area (Å²) in [4.78, 5) is 15.7. The number of carbonyl (C=O) groups excluding carboxylic acids is 1. The Labute approximate surface area is 100.0 Å². The monoisotopic (exact) mass is 229 g/mol. The van der Waals surface area contributed by atoms with Crippen LogP contribution < -0.4 is 5.32 Å². The molecule has 0 heterocycles. The van der Waals surface area contributed by atoms with Gasteiger partial charge in [0.15, 0.2) is 0 Å². The van der Waals surface area contributed by atoms with Gasteiger partial charge in [-0.2, -0.15) is 0 Å². The molecule has 0 aliphatic carbocycles. The molecule has 4 heteroatoms. The summed E-state index contributed by atoms with van der Waals surface area (Å²) in [5.74, 6) is 0. The molecule has 1 atom stereocenters. The van der Waals surface area contributed by atoms with E-state index in [0.29, 0.717) is 6.04 Å². The number of urea groups is 1. The lowest BCUT2D eigenvalue weighted by atomic mass is 10.2. The van der Waals surface area contributed by atoms with E-state index in [0.717, 1.165) is 32.6 Å². The molecule has 4 nitrogen and oxygen atoms in total. The Bertz CT molecular complexity index is 193. The smallest absolute Gasteiger partial charge is 0.317 e. The van der Waals surface area contributed by atoms with Gasteiger partial charge in [-0.05, 0) is 34.2 Å². The van der Waals surface area contributed by atoms with Crippen LogP contribution in [0.2, 0.25) is 0 Å². The summed E-state index contributed by atoms with van der Waals surface area (Å²) < 4.78 is 0. The molecule has 0 aromatic carbocycles. The fraction of sp³-hybridized carbons (Fsp3) is 0.917. The minimum absolute atomic E-state index is 0.0440. The van der Waals surface area contributed by atoms with Crippen LogP contribution in [0.3, 0.4) is 0 Å². The summed E-state index contributed by atoms with van der Waals surface area (Å²) in [6.07, 6.45) is 1.14. The van der Waals surface area contributed by atoms with Crippen molar-refractivity contribution in [3.63, 3.8) is 0 Å². The Kier molecular flexibility index (Phi) is 7.99. The predicted molar refractivity (Wildman–Crippen MR) is 68.7 cm³/mol. The van der Waals surface area contributed by atoms with Gasteiger partial charge in [0.25, 0.3) is 0 Å². The summed E-state index contributed by atoms with van der Waals surface area (Å²) in [5.41, 5.74) is 0. The molecule has 0 saturated heterocycles. The van der Waals surface area contributed by atoms with Gasteiger partial charge in [0.05, 0.1) is 0 Å². The van der Waals surface area contributed by atoms with Crippen molar-refractivity contribution in [2.75, 3.05) is 33.2 Å². The van der Waals surface area contributed by atoms with E-state index in [1.54, 1.807) is 4.90 Å². The third-order valence-corrected chi connectivity index (χ3v) is 3.13. The van der Waals surface area contributed by atoms with Crippen LogP contribution in [0.5, 0.6) is 0 Å². The van der Waals surface area contributed by atoms with Crippen molar-refractivity contribution >= 4 is 6.03 Å². The van der Waals surface area contributed by atoms with Gasteiger partial charge in [0.1, 0.15) is 0 Å². The van der Waals surface area contributed by atoms with E-state index in [1.165, 1.54) is 0 Å². The summed E-state index contributed by atoms with van der Waals surface area (Å²) in [6.45, 7) is 11.5. The maximum atomic E-state index is 11.6. The van der Waals surface area contributed by atoms with Gasteiger partial charge in [-0.3, -0.25) is 0 Å². The molecule has 0 aliphatic rings. The van der Waals surface area contributed by atoms with Crippen LogP contribution in [0, 0.1) is 0 Å². The highest BCUT2D eigenvalue weighted by Crippen LogP contribution is 1.98. The van der Waals surface area contributed by atoms with Crippen molar-refractivity contribution in [2.24, 2.45) is 0 Å². The standard InChI is InChI=1S/C12H27N3O/c1-6-11(4)14(5)10-9-13-12(16)15(7-2)8-3/h11H,6-10H2,1-5H3,(H,13,16). The van der Waals surface area contributed by atoms with E-state index >= 15 is 0 Å². The van der Waals surface area contributed by atoms with Gasteiger partial charge in [-0.25, -0.2) is 4.79 Å². The lowest BCUT2D eigenvalue weighted by Gasteiger charge is -2.24. The average molecular weight is 229 g/mol. The maximum absolute atomic E-state index is 11.6. The second-order valence-corrected chi connectivity index (χ2v) is 4.14. The molecule has 0 spiro atoms. The zero-order valence-corrected chi connectivity index (χ0v) is 11.4. The van der Waals surface area contributed by atoms with E-state index in [-0.39, 0.29) is 6.03 Å². The Morgan fingerprint density at radius 2 is 1.81 bits per heavy atom. The van der Waals surface area contributed by atoms with Crippen LogP contribution >= 0.6 is 0 Å². The third kappa shape index (κ3) is 5.35. The number of carbonyl (C=O) groups is 1. The van der Waals surface area contributed by atoms with Gasteiger partial charge >= 0.3 is 6.03 Å². The van der Waals surface area contributed by atoms with Crippen LogP contribution in [-0.4, -0.2) is 55.1 Å². The molecule has 0 saturated carbocycles. The van der Waals surface area contributed by atoms with Gasteiger partial charge < -0.3 is 15.1 Å². The molecule has 1 unspecified atom stereocenters. The fourth-order valence-electron chi connectivity index (χ4n) is 1.49. The number of amides is 2. The first-order chi connectivity index (χ1) is 7.56. The van der Waals surface area contributed by atoms with Gasteiger partial charge in [0, 0.05) is 32.2 Å². The summed E-state index contributed by atoms with van der Waals surface area (Å²) in [7, 11) is 2.09. The van der Waals surface area contributed by atoms with E-state index in [1.807, 2.05) is 13.8 Å². The van der Waals surface area contributed by atoms with Gasteiger partial charge in [0.2, 0.25) is 0 Å². The lowest BCUT2D eigenvalue weighted by molar-refractivity contribution is 0.198. The largest absolute Gasteiger partial charge is 0.337 e. The van der Waals surface area contributed by atoms with E-state index in [9.17, 15) is 4.79 Å². The van der Waals surface area contributed by atoms with Crippen LogP contribution in [-0.2, 0) is 0 Å². The number of hydrogen-bond donors (Lipinski definition) is 1. The highest BCUT2D eigenvalue weighted by molar-refractivity contribution is 5.74. The molecular weight excluding hydrogens is 202 g/mol. The number of nitrogens with zero attached hydrogens (tertiary/aromatic N) is 2. The lowest BCUT2D eigenvalue weighted by Crippen LogP contribution is -2.43. The van der Waals surface area contributed by atoms with E-state index in [4.69, 9.17) is 0 Å². The van der Waals surface area contributed by atoms with Crippen LogP contribution in [0.1, 0.15) is 34.1 Å². The Morgan fingerprint density at radius 1 is 1.25 bits per heavy atom. The molecule has 0 aromatic rings. The summed E-state index contributed by atoms with van der Waals surface area (Å²) in [5, 5.41) is 2.94. The fourth-order valence-corrected chi connectivity index (χ4v) is 1.49. The number of likely N-dealkylation sites (N-methyl/N-ethyl adjacent to an activating group) is 1. The molecule has 0 rings (SSSR count). The van der Waals surface area contributed by atoms with Crippen LogP contribution in [0.15, 0.2) is 0 Å². The second kappa shape index (κ2) is 8.39. The summed E-state index contributed by atoms with van der Waals surface area (Å²) in [6, 6.07) is 0.618. The van der Waals surface area contributed by atoms with Gasteiger partial charge in [-0.1, -0.05) is 6.92 Å². The summed E-state index contributed by atoms with van der Waals surface area (Å²) >= 11 is 0. The van der Waals surface area contributed by atoms with Crippen molar-refractivity contribution < 1.29 is 4.79 Å². The highest BCUT2D eigenvalue weighted by atomic mass is 16.2. The SMILES string of the molecule is CCC(C)N(C)CCNC(=O)N(CC)CC. The van der Waals surface area contributed by atoms with Gasteiger partial charge in [-0.15, -0.1) is 0 Å². The number of rotatable bonds is 7. The molecule has 16 heavy (non-hydrogen) atoms. The van der Waals surface area contributed by atoms with Crippen LogP contribution in [0.25, 0.3) is 0 Å². The highest BCUT2D eigenvalue weighted by Gasteiger charge is 2.09. The van der Waals surface area contributed by atoms with E-state index in [2.05, 4.69) is 31.1 Å². The molecule has 0 aromatic heterocycles. The zero-order valence-electron chi connectivity index (χ0n) is 11.4. The predicted octanol–water partition coefficient (Wildman–Crippen LogP) is 1.77. The molecule has 0 bridgehead atoms. The minimum Gasteiger partial charge on any atom is -0.337 e. The topological polar surface area (TPSA) is 35.6 Å². The number of hydrogen-bond acceptors (Lipinski definition) is 2. The Hall–Kier alpha value is -0.770. The first-order valence-corrected chi connectivity index (χ1v) is 6.29. The third-order valence-electron chi connectivity index (χ3n) is 3.13. The van der Waals surface area contributed by atoms with Crippen molar-refractivity contribution in [2.45, 2.75) is 40.2 Å². The molecule has 0 aliphatic heterocycles. The zero-order chi connectivity index (χ0) is 12.6. The van der Waals surface area contributed by atoms with Crippen molar-refractivity contribution in [1.82, 2.24) is 15.1 Å². The molecule has 96 valence electrons. The Balaban J connectivity index is 3.77. The molecular formula is C12H27N3O. The Morgan fingerprint density at radius 3 is 2.25 bits per heavy atom. The van der Waals surface area contributed by atoms with Crippen LogP contribution in [0.4, 0.5) is 4.79 Å². The molecule has 0 radical (unpaired) electrons. The normalized spacial score (nSPS) is 12.6. The van der Waals surface area contributed by atoms with Crippen molar-refractivity contribution in [3.05, 3.63) is 0 Å². The molecule has 1 N–H and O–H groups in total. The maximum Gasteiger partial charge on any atom is 0.317 e. The molecule has 2 amide bonds.